The number of carbonyl (C=O) groups excluding carboxylic acids is 1. The third-order valence-corrected chi connectivity index (χ3v) is 4.08. The minimum Gasteiger partial charge on any atom is -0.355 e. The molecule has 4 heteroatoms. The summed E-state index contributed by atoms with van der Waals surface area (Å²) in [5, 5.41) is 3.06. The van der Waals surface area contributed by atoms with Gasteiger partial charge in [0, 0.05) is 31.1 Å². The smallest absolute Gasteiger partial charge is 0.223 e. The first-order chi connectivity index (χ1) is 8.16. The lowest BCUT2D eigenvalue weighted by Gasteiger charge is -2.25. The topological polar surface area (TPSA) is 58.4 Å². The molecule has 17 heavy (non-hydrogen) atoms. The van der Waals surface area contributed by atoms with E-state index in [0.717, 1.165) is 44.8 Å². The summed E-state index contributed by atoms with van der Waals surface area (Å²) in [5.74, 6) is 0.446. The lowest BCUT2D eigenvalue weighted by atomic mass is 9.86. The van der Waals surface area contributed by atoms with E-state index < -0.39 is 0 Å². The third kappa shape index (κ3) is 3.96. The van der Waals surface area contributed by atoms with Gasteiger partial charge in [-0.3, -0.25) is 4.79 Å². The molecule has 0 spiro atoms. The summed E-state index contributed by atoms with van der Waals surface area (Å²) >= 11 is 0. The van der Waals surface area contributed by atoms with Gasteiger partial charge in [-0.15, -0.1) is 0 Å². The first-order valence-electron chi connectivity index (χ1n) is 6.90. The van der Waals surface area contributed by atoms with E-state index in [1.165, 1.54) is 12.8 Å². The molecule has 0 aromatic carbocycles. The number of hydrogen-bond acceptors (Lipinski definition) is 3. The molecule has 2 rings (SSSR count). The Morgan fingerprint density at radius 1 is 1.24 bits per heavy atom. The summed E-state index contributed by atoms with van der Waals surface area (Å²) in [7, 11) is 2.14. The molecule has 0 bridgehead atoms. The average Bonchev–Trinajstić information content (AvgIpc) is 3.13. The number of nitrogens with one attached hydrogen (secondary N) is 1. The Kier molecular flexibility index (Phi) is 4.40. The van der Waals surface area contributed by atoms with E-state index in [2.05, 4.69) is 17.3 Å². The molecule has 1 amide bonds. The van der Waals surface area contributed by atoms with Crippen molar-refractivity contribution in [3.8, 4) is 0 Å². The standard InChI is InChI=1S/C13H25N3O/c1-16(12-6-7-12)9-8-15-13(17)10-2-4-11(14)5-3-10/h10-12H,2-9,14H2,1H3,(H,15,17). The van der Waals surface area contributed by atoms with Crippen LogP contribution in [-0.2, 0) is 4.79 Å². The van der Waals surface area contributed by atoms with Gasteiger partial charge in [0.05, 0.1) is 0 Å². The van der Waals surface area contributed by atoms with Crippen LogP contribution in [-0.4, -0.2) is 43.0 Å². The minimum atomic E-state index is 0.209. The van der Waals surface area contributed by atoms with Crippen molar-refractivity contribution in [2.75, 3.05) is 20.1 Å². The number of likely N-dealkylation sites (N-methyl/N-ethyl adjacent to an activating group) is 1. The van der Waals surface area contributed by atoms with E-state index in [9.17, 15) is 4.79 Å². The van der Waals surface area contributed by atoms with Crippen LogP contribution in [0.25, 0.3) is 0 Å². The highest BCUT2D eigenvalue weighted by Gasteiger charge is 2.26. The van der Waals surface area contributed by atoms with E-state index in [1.807, 2.05) is 0 Å². The molecule has 0 radical (unpaired) electrons. The fourth-order valence-electron chi connectivity index (χ4n) is 2.58. The summed E-state index contributed by atoms with van der Waals surface area (Å²) in [6.07, 6.45) is 6.58. The zero-order valence-electron chi connectivity index (χ0n) is 10.8. The highest BCUT2D eigenvalue weighted by atomic mass is 16.1. The predicted molar refractivity (Wildman–Crippen MR) is 68.6 cm³/mol. The van der Waals surface area contributed by atoms with Gasteiger partial charge in [-0.25, -0.2) is 0 Å². The van der Waals surface area contributed by atoms with Gasteiger partial charge in [0.25, 0.3) is 0 Å². The predicted octanol–water partition coefficient (Wildman–Crippen LogP) is 0.714. The van der Waals surface area contributed by atoms with Crippen LogP contribution >= 0.6 is 0 Å². The van der Waals surface area contributed by atoms with Gasteiger partial charge >= 0.3 is 0 Å². The van der Waals surface area contributed by atoms with Gasteiger partial charge in [-0.2, -0.15) is 0 Å². The second kappa shape index (κ2) is 5.83. The molecule has 0 aromatic heterocycles. The molecule has 4 nitrogen and oxygen atoms in total. The van der Waals surface area contributed by atoms with Crippen LogP contribution in [0.1, 0.15) is 38.5 Å². The van der Waals surface area contributed by atoms with Crippen molar-refractivity contribution in [2.45, 2.75) is 50.6 Å². The summed E-state index contributed by atoms with van der Waals surface area (Å²) in [6.45, 7) is 1.76. The highest BCUT2D eigenvalue weighted by molar-refractivity contribution is 5.78. The van der Waals surface area contributed by atoms with Gasteiger partial charge in [-0.05, 0) is 45.6 Å². The van der Waals surface area contributed by atoms with Crippen LogP contribution in [0.4, 0.5) is 0 Å². The number of amides is 1. The fourth-order valence-corrected chi connectivity index (χ4v) is 2.58. The van der Waals surface area contributed by atoms with E-state index in [-0.39, 0.29) is 11.8 Å². The van der Waals surface area contributed by atoms with Crippen molar-refractivity contribution in [3.63, 3.8) is 0 Å². The molecule has 2 aliphatic carbocycles. The lowest BCUT2D eigenvalue weighted by Crippen LogP contribution is -2.39. The van der Waals surface area contributed by atoms with Crippen molar-refractivity contribution in [1.29, 1.82) is 0 Å². The Balaban J connectivity index is 1.59. The summed E-state index contributed by atoms with van der Waals surface area (Å²) in [5.41, 5.74) is 5.84. The Morgan fingerprint density at radius 2 is 1.88 bits per heavy atom. The molecule has 3 N–H and O–H groups in total. The first kappa shape index (κ1) is 12.8. The molecule has 2 aliphatic rings. The molecule has 0 atom stereocenters. The second-order valence-corrected chi connectivity index (χ2v) is 5.61. The number of hydrogen-bond donors (Lipinski definition) is 2. The molecule has 0 aromatic rings. The molecule has 2 fully saturated rings. The van der Waals surface area contributed by atoms with Crippen LogP contribution in [0, 0.1) is 5.92 Å². The normalized spacial score (nSPS) is 29.4. The molecule has 0 unspecified atom stereocenters. The Hall–Kier alpha value is -0.610. The monoisotopic (exact) mass is 239 g/mol. The number of carbonyl (C=O) groups is 1. The number of nitrogens with zero attached hydrogens (tertiary/aromatic N) is 1. The number of rotatable bonds is 5. The van der Waals surface area contributed by atoms with Crippen LogP contribution in [0.2, 0.25) is 0 Å². The maximum atomic E-state index is 11.9. The first-order valence-corrected chi connectivity index (χ1v) is 6.90. The average molecular weight is 239 g/mol. The molecular formula is C13H25N3O. The summed E-state index contributed by atoms with van der Waals surface area (Å²) in [6, 6.07) is 1.10. The zero-order valence-corrected chi connectivity index (χ0v) is 10.8. The summed E-state index contributed by atoms with van der Waals surface area (Å²) < 4.78 is 0. The molecular weight excluding hydrogens is 214 g/mol. The van der Waals surface area contributed by atoms with Crippen molar-refractivity contribution >= 4 is 5.91 Å². The van der Waals surface area contributed by atoms with E-state index in [1.54, 1.807) is 0 Å². The van der Waals surface area contributed by atoms with Crippen molar-refractivity contribution in [2.24, 2.45) is 11.7 Å². The molecule has 98 valence electrons. The van der Waals surface area contributed by atoms with Crippen LogP contribution in [0.5, 0.6) is 0 Å². The maximum absolute atomic E-state index is 11.9. The van der Waals surface area contributed by atoms with Crippen LogP contribution in [0.15, 0.2) is 0 Å². The van der Waals surface area contributed by atoms with Gasteiger partial charge in [0.2, 0.25) is 5.91 Å². The van der Waals surface area contributed by atoms with E-state index in [4.69, 9.17) is 5.73 Å². The molecule has 0 aliphatic heterocycles. The highest BCUT2D eigenvalue weighted by Crippen LogP contribution is 2.25. The largest absolute Gasteiger partial charge is 0.355 e. The lowest BCUT2D eigenvalue weighted by molar-refractivity contribution is -0.126. The van der Waals surface area contributed by atoms with Gasteiger partial charge in [0.15, 0.2) is 0 Å². The zero-order chi connectivity index (χ0) is 12.3. The Labute approximate surface area is 104 Å². The maximum Gasteiger partial charge on any atom is 0.223 e. The molecule has 2 saturated carbocycles. The fraction of sp³-hybridized carbons (Fsp3) is 0.923. The van der Waals surface area contributed by atoms with Crippen molar-refractivity contribution in [3.05, 3.63) is 0 Å². The number of nitrogens with two attached hydrogens (primary N) is 1. The molecule has 0 saturated heterocycles. The van der Waals surface area contributed by atoms with Crippen molar-refractivity contribution in [1.82, 2.24) is 10.2 Å². The summed E-state index contributed by atoms with van der Waals surface area (Å²) in [4.78, 5) is 14.2. The van der Waals surface area contributed by atoms with Gasteiger partial charge in [-0.1, -0.05) is 0 Å². The van der Waals surface area contributed by atoms with E-state index in [0.29, 0.717) is 6.04 Å². The third-order valence-electron chi connectivity index (χ3n) is 4.08. The van der Waals surface area contributed by atoms with Gasteiger partial charge < -0.3 is 16.0 Å². The SMILES string of the molecule is CN(CCNC(=O)C1CCC(N)CC1)C1CC1. The van der Waals surface area contributed by atoms with Crippen LogP contribution in [0.3, 0.4) is 0 Å². The Bertz CT molecular complexity index is 257. The van der Waals surface area contributed by atoms with E-state index >= 15 is 0 Å². The Morgan fingerprint density at radius 3 is 2.47 bits per heavy atom. The quantitative estimate of drug-likeness (QED) is 0.743. The van der Waals surface area contributed by atoms with Crippen molar-refractivity contribution < 1.29 is 4.79 Å². The molecule has 0 heterocycles. The minimum absolute atomic E-state index is 0.209. The van der Waals surface area contributed by atoms with Gasteiger partial charge in [0.1, 0.15) is 0 Å². The second-order valence-electron chi connectivity index (χ2n) is 5.61. The van der Waals surface area contributed by atoms with Crippen LogP contribution < -0.4 is 11.1 Å².